The van der Waals surface area contributed by atoms with Gasteiger partial charge in [-0.25, -0.2) is 9.97 Å². The van der Waals surface area contributed by atoms with Crippen molar-refractivity contribution in [2.45, 2.75) is 19.4 Å². The molecule has 0 saturated heterocycles. The van der Waals surface area contributed by atoms with E-state index in [1.807, 2.05) is 37.4 Å². The third-order valence-corrected chi connectivity index (χ3v) is 3.37. The van der Waals surface area contributed by atoms with Crippen molar-refractivity contribution in [3.8, 4) is 6.07 Å². The van der Waals surface area contributed by atoms with Gasteiger partial charge >= 0.3 is 0 Å². The maximum absolute atomic E-state index is 8.79. The Labute approximate surface area is 104 Å². The first-order valence-corrected chi connectivity index (χ1v) is 6.05. The molecular weight excluding hydrogens is 232 g/mol. The molecule has 0 aromatic carbocycles. The van der Waals surface area contributed by atoms with E-state index in [9.17, 15) is 0 Å². The number of nitriles is 1. The number of anilines is 1. The Morgan fingerprint density at radius 1 is 1.41 bits per heavy atom. The molecule has 0 spiro atoms. The summed E-state index contributed by atoms with van der Waals surface area (Å²) in [5.74, 6) is 0.684. The largest absolute Gasteiger partial charge is 0.359 e. The molecule has 0 radical (unpaired) electrons. The van der Waals surface area contributed by atoms with Gasteiger partial charge in [0.1, 0.15) is 22.6 Å². The van der Waals surface area contributed by atoms with Gasteiger partial charge in [-0.15, -0.1) is 11.3 Å². The monoisotopic (exact) mass is 244 g/mol. The van der Waals surface area contributed by atoms with Crippen molar-refractivity contribution < 1.29 is 0 Å². The first kappa shape index (κ1) is 11.6. The summed E-state index contributed by atoms with van der Waals surface area (Å²) in [6, 6.07) is 7.36. The quantitative estimate of drug-likeness (QED) is 0.901. The van der Waals surface area contributed by atoms with Gasteiger partial charge < -0.3 is 5.32 Å². The van der Waals surface area contributed by atoms with Crippen molar-refractivity contribution in [3.05, 3.63) is 40.5 Å². The van der Waals surface area contributed by atoms with Gasteiger partial charge in [0.05, 0.1) is 5.54 Å². The number of hydrogen-bond donors (Lipinski definition) is 1. The summed E-state index contributed by atoms with van der Waals surface area (Å²) in [4.78, 5) is 8.48. The second-order valence-corrected chi connectivity index (χ2v) is 5.00. The number of thiazole rings is 1. The predicted octanol–water partition coefficient (Wildman–Crippen LogP) is 2.76. The highest BCUT2D eigenvalue weighted by Gasteiger charge is 2.23. The number of nitrogens with zero attached hydrogens (tertiary/aromatic N) is 3. The summed E-state index contributed by atoms with van der Waals surface area (Å²) in [5.41, 5.74) is 0.111. The highest BCUT2D eigenvalue weighted by Crippen LogP contribution is 2.26. The maximum Gasteiger partial charge on any atom is 0.142 e. The topological polar surface area (TPSA) is 61.6 Å². The van der Waals surface area contributed by atoms with Gasteiger partial charge in [0, 0.05) is 11.6 Å². The van der Waals surface area contributed by atoms with E-state index in [4.69, 9.17) is 5.26 Å². The summed E-state index contributed by atoms with van der Waals surface area (Å²) < 4.78 is 0. The summed E-state index contributed by atoms with van der Waals surface area (Å²) in [7, 11) is 0. The zero-order valence-corrected chi connectivity index (χ0v) is 10.5. The van der Waals surface area contributed by atoms with Crippen LogP contribution in [-0.2, 0) is 5.54 Å². The highest BCUT2D eigenvalue weighted by atomic mass is 32.1. The SMILES string of the molecule is CC(C)(Nc1cccc(C#N)n1)c1nccs1. The van der Waals surface area contributed by atoms with Gasteiger partial charge in [-0.3, -0.25) is 0 Å². The van der Waals surface area contributed by atoms with Gasteiger partial charge in [-0.05, 0) is 26.0 Å². The number of nitrogens with one attached hydrogen (secondary N) is 1. The van der Waals surface area contributed by atoms with Crippen LogP contribution in [0.4, 0.5) is 5.82 Å². The zero-order chi connectivity index (χ0) is 12.3. The average molecular weight is 244 g/mol. The summed E-state index contributed by atoms with van der Waals surface area (Å²) in [6.07, 6.45) is 1.78. The first-order chi connectivity index (χ1) is 8.12. The minimum absolute atomic E-state index is 0.296. The molecule has 0 atom stereocenters. The van der Waals surface area contributed by atoms with E-state index < -0.39 is 0 Å². The van der Waals surface area contributed by atoms with Crippen molar-refractivity contribution in [2.75, 3.05) is 5.32 Å². The third-order valence-electron chi connectivity index (χ3n) is 2.27. The Balaban J connectivity index is 2.23. The number of pyridine rings is 1. The summed E-state index contributed by atoms with van der Waals surface area (Å²) in [5, 5.41) is 15.0. The molecule has 0 saturated carbocycles. The fraction of sp³-hybridized carbons (Fsp3) is 0.250. The molecule has 2 heterocycles. The molecule has 5 heteroatoms. The van der Waals surface area contributed by atoms with Crippen LogP contribution in [0.3, 0.4) is 0 Å². The van der Waals surface area contributed by atoms with E-state index >= 15 is 0 Å². The van der Waals surface area contributed by atoms with E-state index in [1.54, 1.807) is 23.6 Å². The van der Waals surface area contributed by atoms with Crippen molar-refractivity contribution in [1.82, 2.24) is 9.97 Å². The molecule has 0 unspecified atom stereocenters. The van der Waals surface area contributed by atoms with Crippen LogP contribution >= 0.6 is 11.3 Å². The van der Waals surface area contributed by atoms with Crippen LogP contribution in [0.15, 0.2) is 29.8 Å². The maximum atomic E-state index is 8.79. The van der Waals surface area contributed by atoms with Gasteiger partial charge in [0.15, 0.2) is 0 Å². The fourth-order valence-corrected chi connectivity index (χ4v) is 2.19. The fourth-order valence-electron chi connectivity index (χ4n) is 1.47. The molecule has 0 amide bonds. The van der Waals surface area contributed by atoms with E-state index in [2.05, 4.69) is 15.3 Å². The first-order valence-electron chi connectivity index (χ1n) is 5.17. The molecule has 17 heavy (non-hydrogen) atoms. The summed E-state index contributed by atoms with van der Waals surface area (Å²) >= 11 is 1.59. The molecule has 2 rings (SSSR count). The molecule has 4 nitrogen and oxygen atoms in total. The lowest BCUT2D eigenvalue weighted by molar-refractivity contribution is 0.601. The molecule has 86 valence electrons. The number of rotatable bonds is 3. The smallest absolute Gasteiger partial charge is 0.142 e. The standard InChI is InChI=1S/C12H12N4S/c1-12(2,11-14-6-7-17-11)16-10-5-3-4-9(8-13)15-10/h3-7H,1-2H3,(H,15,16). The Morgan fingerprint density at radius 3 is 2.88 bits per heavy atom. The lowest BCUT2D eigenvalue weighted by Crippen LogP contribution is -2.28. The number of hydrogen-bond acceptors (Lipinski definition) is 5. The van der Waals surface area contributed by atoms with Crippen LogP contribution in [0.25, 0.3) is 0 Å². The van der Waals surface area contributed by atoms with Gasteiger partial charge in [0.25, 0.3) is 0 Å². The zero-order valence-electron chi connectivity index (χ0n) is 9.64. The number of aromatic nitrogens is 2. The van der Waals surface area contributed by atoms with E-state index in [0.29, 0.717) is 11.5 Å². The van der Waals surface area contributed by atoms with Crippen molar-refractivity contribution in [3.63, 3.8) is 0 Å². The van der Waals surface area contributed by atoms with Crippen LogP contribution in [0.5, 0.6) is 0 Å². The lowest BCUT2D eigenvalue weighted by Gasteiger charge is -2.24. The van der Waals surface area contributed by atoms with Crippen LogP contribution in [-0.4, -0.2) is 9.97 Å². The van der Waals surface area contributed by atoms with E-state index in [0.717, 1.165) is 5.01 Å². The Hall–Kier alpha value is -1.93. The van der Waals surface area contributed by atoms with Gasteiger partial charge in [-0.1, -0.05) is 6.07 Å². The molecule has 2 aromatic heterocycles. The average Bonchev–Trinajstić information content (AvgIpc) is 2.83. The van der Waals surface area contributed by atoms with Gasteiger partial charge in [0.2, 0.25) is 0 Å². The molecule has 0 aliphatic carbocycles. The van der Waals surface area contributed by atoms with Crippen LogP contribution in [0, 0.1) is 11.3 Å². The van der Waals surface area contributed by atoms with Crippen molar-refractivity contribution in [1.29, 1.82) is 5.26 Å². The normalized spacial score (nSPS) is 10.9. The van der Waals surface area contributed by atoms with Crippen molar-refractivity contribution in [2.24, 2.45) is 0 Å². The second kappa shape index (κ2) is 4.52. The lowest BCUT2D eigenvalue weighted by atomic mass is 10.1. The molecule has 1 N–H and O–H groups in total. The van der Waals surface area contributed by atoms with Crippen LogP contribution < -0.4 is 5.32 Å². The van der Waals surface area contributed by atoms with E-state index in [1.165, 1.54) is 0 Å². The van der Waals surface area contributed by atoms with Crippen LogP contribution in [0.2, 0.25) is 0 Å². The Bertz CT molecular complexity index is 540. The van der Waals surface area contributed by atoms with E-state index in [-0.39, 0.29) is 5.54 Å². The van der Waals surface area contributed by atoms with Crippen molar-refractivity contribution >= 4 is 17.2 Å². The minimum Gasteiger partial charge on any atom is -0.359 e. The summed E-state index contributed by atoms with van der Waals surface area (Å²) in [6.45, 7) is 4.07. The third kappa shape index (κ3) is 2.60. The molecule has 2 aromatic rings. The Morgan fingerprint density at radius 2 is 2.24 bits per heavy atom. The predicted molar refractivity (Wildman–Crippen MR) is 67.7 cm³/mol. The molecule has 0 aliphatic heterocycles. The highest BCUT2D eigenvalue weighted by molar-refractivity contribution is 7.09. The molecule has 0 bridgehead atoms. The van der Waals surface area contributed by atoms with Crippen LogP contribution in [0.1, 0.15) is 24.5 Å². The van der Waals surface area contributed by atoms with Gasteiger partial charge in [-0.2, -0.15) is 5.26 Å². The second-order valence-electron chi connectivity index (χ2n) is 4.11. The molecule has 0 fully saturated rings. The molecular formula is C12H12N4S. The molecule has 0 aliphatic rings. The minimum atomic E-state index is -0.296. The Kier molecular flexibility index (Phi) is 3.07.